The van der Waals surface area contributed by atoms with Crippen molar-refractivity contribution in [1.29, 1.82) is 0 Å². The smallest absolute Gasteiger partial charge is 0.171 e. The molecule has 2 N–H and O–H groups in total. The summed E-state index contributed by atoms with van der Waals surface area (Å²) in [4.78, 5) is 0. The number of halogens is 1. The summed E-state index contributed by atoms with van der Waals surface area (Å²) in [6.07, 6.45) is 0. The molecule has 0 aliphatic rings. The second-order valence-corrected chi connectivity index (χ2v) is 5.46. The minimum absolute atomic E-state index is 0.545. The minimum atomic E-state index is 0.545. The van der Waals surface area contributed by atoms with E-state index in [0.717, 1.165) is 5.69 Å². The molecule has 0 aliphatic heterocycles. The van der Waals surface area contributed by atoms with Gasteiger partial charge in [0.1, 0.15) is 5.75 Å². The van der Waals surface area contributed by atoms with Crippen LogP contribution in [0.5, 0.6) is 5.75 Å². The van der Waals surface area contributed by atoms with Crippen molar-refractivity contribution in [2.45, 2.75) is 13.5 Å². The van der Waals surface area contributed by atoms with Gasteiger partial charge in [0.2, 0.25) is 0 Å². The molecule has 110 valence electrons. The maximum atomic E-state index is 6.07. The third kappa shape index (κ3) is 4.62. The van der Waals surface area contributed by atoms with Gasteiger partial charge in [0.25, 0.3) is 0 Å². The summed E-state index contributed by atoms with van der Waals surface area (Å²) in [6, 6.07) is 13.8. The van der Waals surface area contributed by atoms with E-state index in [1.807, 2.05) is 6.07 Å². The van der Waals surface area contributed by atoms with Gasteiger partial charge in [-0.25, -0.2) is 0 Å². The van der Waals surface area contributed by atoms with Gasteiger partial charge >= 0.3 is 0 Å². The van der Waals surface area contributed by atoms with Gasteiger partial charge in [-0.05, 0) is 42.9 Å². The molecular weight excluding hydrogens is 304 g/mol. The average Bonchev–Trinajstić information content (AvgIpc) is 2.47. The van der Waals surface area contributed by atoms with Crippen LogP contribution in [0.2, 0.25) is 5.02 Å². The summed E-state index contributed by atoms with van der Waals surface area (Å²) in [6.45, 7) is 2.74. The number of methoxy groups -OCH3 is 1. The molecule has 3 nitrogen and oxygen atoms in total. The summed E-state index contributed by atoms with van der Waals surface area (Å²) in [5.74, 6) is 0.640. The molecule has 2 aromatic rings. The first-order chi connectivity index (χ1) is 10.1. The number of ether oxygens (including phenoxy) is 1. The highest BCUT2D eigenvalue weighted by atomic mass is 35.5. The third-order valence-electron chi connectivity index (χ3n) is 2.98. The van der Waals surface area contributed by atoms with Gasteiger partial charge in [-0.1, -0.05) is 41.4 Å². The van der Waals surface area contributed by atoms with E-state index in [-0.39, 0.29) is 0 Å². The molecular formula is C16H17ClN2OS. The van der Waals surface area contributed by atoms with Crippen molar-refractivity contribution in [2.24, 2.45) is 0 Å². The van der Waals surface area contributed by atoms with Crippen LogP contribution >= 0.6 is 23.8 Å². The van der Waals surface area contributed by atoms with Gasteiger partial charge in [-0.15, -0.1) is 0 Å². The highest BCUT2D eigenvalue weighted by Crippen LogP contribution is 2.27. The highest BCUT2D eigenvalue weighted by molar-refractivity contribution is 7.80. The molecule has 0 bridgehead atoms. The second-order valence-electron chi connectivity index (χ2n) is 4.64. The largest absolute Gasteiger partial charge is 0.495 e. The van der Waals surface area contributed by atoms with Crippen molar-refractivity contribution in [1.82, 2.24) is 5.32 Å². The van der Waals surface area contributed by atoms with E-state index < -0.39 is 0 Å². The summed E-state index contributed by atoms with van der Waals surface area (Å²) in [5.41, 5.74) is 3.24. The molecule has 0 aromatic heterocycles. The third-order valence-corrected chi connectivity index (χ3v) is 3.53. The molecule has 0 spiro atoms. The van der Waals surface area contributed by atoms with Crippen LogP contribution in [0.4, 0.5) is 5.69 Å². The Morgan fingerprint density at radius 2 is 1.90 bits per heavy atom. The summed E-state index contributed by atoms with van der Waals surface area (Å²) in [5, 5.41) is 7.35. The normalized spacial score (nSPS) is 10.0. The molecule has 0 amide bonds. The fourth-order valence-corrected chi connectivity index (χ4v) is 2.26. The van der Waals surface area contributed by atoms with Crippen LogP contribution in [0.15, 0.2) is 42.5 Å². The van der Waals surface area contributed by atoms with Crippen molar-refractivity contribution < 1.29 is 4.74 Å². The van der Waals surface area contributed by atoms with Crippen LogP contribution < -0.4 is 15.4 Å². The summed E-state index contributed by atoms with van der Waals surface area (Å²) < 4.78 is 5.11. The van der Waals surface area contributed by atoms with Crippen molar-refractivity contribution in [2.75, 3.05) is 12.4 Å². The Kier molecular flexibility index (Phi) is 5.42. The Labute approximate surface area is 135 Å². The lowest BCUT2D eigenvalue weighted by atomic mass is 10.1. The van der Waals surface area contributed by atoms with Crippen LogP contribution in [0.1, 0.15) is 11.1 Å². The van der Waals surface area contributed by atoms with Crippen LogP contribution in [0.3, 0.4) is 0 Å². The van der Waals surface area contributed by atoms with Crippen LogP contribution in [-0.2, 0) is 6.54 Å². The van der Waals surface area contributed by atoms with E-state index in [2.05, 4.69) is 41.8 Å². The van der Waals surface area contributed by atoms with Gasteiger partial charge in [-0.3, -0.25) is 0 Å². The second kappa shape index (κ2) is 7.29. The number of benzene rings is 2. The maximum Gasteiger partial charge on any atom is 0.171 e. The minimum Gasteiger partial charge on any atom is -0.495 e. The molecule has 0 fully saturated rings. The van der Waals surface area contributed by atoms with E-state index in [4.69, 9.17) is 28.6 Å². The van der Waals surface area contributed by atoms with Crippen LogP contribution in [0, 0.1) is 6.92 Å². The van der Waals surface area contributed by atoms with E-state index in [1.165, 1.54) is 11.1 Å². The quantitative estimate of drug-likeness (QED) is 0.829. The van der Waals surface area contributed by atoms with Crippen molar-refractivity contribution in [3.8, 4) is 5.75 Å². The highest BCUT2D eigenvalue weighted by Gasteiger charge is 2.03. The van der Waals surface area contributed by atoms with E-state index in [1.54, 1.807) is 19.2 Å². The SMILES string of the molecule is COc1ccc(NC(=S)NCc2ccc(C)cc2)cc1Cl. The fraction of sp³-hybridized carbons (Fsp3) is 0.188. The van der Waals surface area contributed by atoms with Crippen LogP contribution in [-0.4, -0.2) is 12.2 Å². The number of rotatable bonds is 4. The fourth-order valence-electron chi connectivity index (χ4n) is 1.81. The topological polar surface area (TPSA) is 33.3 Å². The molecule has 0 unspecified atom stereocenters. The first-order valence-corrected chi connectivity index (χ1v) is 7.31. The molecule has 2 aromatic carbocycles. The average molecular weight is 321 g/mol. The van der Waals surface area contributed by atoms with Gasteiger partial charge in [0.15, 0.2) is 5.11 Å². The van der Waals surface area contributed by atoms with E-state index >= 15 is 0 Å². The van der Waals surface area contributed by atoms with E-state index in [9.17, 15) is 0 Å². The number of hydrogen-bond donors (Lipinski definition) is 2. The van der Waals surface area contributed by atoms with E-state index in [0.29, 0.717) is 22.4 Å². The lowest BCUT2D eigenvalue weighted by Crippen LogP contribution is -2.27. The standard InChI is InChI=1S/C16H17ClN2OS/c1-11-3-5-12(6-4-11)10-18-16(21)19-13-7-8-15(20-2)14(17)9-13/h3-9H,10H2,1-2H3,(H2,18,19,21). The number of anilines is 1. The van der Waals surface area contributed by atoms with Crippen molar-refractivity contribution >= 4 is 34.6 Å². The maximum absolute atomic E-state index is 6.07. The first-order valence-electron chi connectivity index (χ1n) is 6.52. The zero-order valence-corrected chi connectivity index (χ0v) is 13.5. The molecule has 2 rings (SSSR count). The number of nitrogens with one attached hydrogen (secondary N) is 2. The number of aryl methyl sites for hydroxylation is 1. The summed E-state index contributed by atoms with van der Waals surface area (Å²) in [7, 11) is 1.59. The van der Waals surface area contributed by atoms with Gasteiger partial charge in [-0.2, -0.15) is 0 Å². The van der Waals surface area contributed by atoms with Gasteiger partial charge in [0.05, 0.1) is 12.1 Å². The van der Waals surface area contributed by atoms with Crippen molar-refractivity contribution in [3.63, 3.8) is 0 Å². The molecule has 0 saturated heterocycles. The molecule has 5 heteroatoms. The lowest BCUT2D eigenvalue weighted by Gasteiger charge is -2.12. The molecule has 21 heavy (non-hydrogen) atoms. The van der Waals surface area contributed by atoms with Crippen molar-refractivity contribution in [3.05, 3.63) is 58.6 Å². The molecule has 0 radical (unpaired) electrons. The van der Waals surface area contributed by atoms with Crippen LogP contribution in [0.25, 0.3) is 0 Å². The molecule has 0 aliphatic carbocycles. The summed E-state index contributed by atoms with van der Waals surface area (Å²) >= 11 is 11.3. The van der Waals surface area contributed by atoms with Gasteiger partial charge in [0, 0.05) is 12.2 Å². The predicted octanol–water partition coefficient (Wildman–Crippen LogP) is 4.14. The Morgan fingerprint density at radius 3 is 2.52 bits per heavy atom. The van der Waals surface area contributed by atoms with Gasteiger partial charge < -0.3 is 15.4 Å². The Balaban J connectivity index is 1.89. The Bertz CT molecular complexity index is 629. The number of thiocarbonyl (C=S) groups is 1. The Morgan fingerprint density at radius 1 is 1.19 bits per heavy atom. The first kappa shape index (κ1) is 15.6. The molecule has 0 heterocycles. The lowest BCUT2D eigenvalue weighted by molar-refractivity contribution is 0.415. The molecule has 0 atom stereocenters. The predicted molar refractivity (Wildman–Crippen MR) is 92.2 cm³/mol. The Hall–Kier alpha value is -1.78. The number of hydrogen-bond acceptors (Lipinski definition) is 2. The molecule has 0 saturated carbocycles. The zero-order chi connectivity index (χ0) is 15.2. The zero-order valence-electron chi connectivity index (χ0n) is 11.9. The monoisotopic (exact) mass is 320 g/mol.